The average Bonchev–Trinajstić information content (AvgIpc) is 2.56. The molecule has 2 aromatic carbocycles. The van der Waals surface area contributed by atoms with E-state index in [1.807, 2.05) is 0 Å². The SMILES string of the molecule is CC(=O)C(N=Nc1ccc([N+](=O)[O-])cc1O)=C(O)c1ccccc1. The van der Waals surface area contributed by atoms with Gasteiger partial charge in [0.15, 0.2) is 17.2 Å². The molecule has 0 fully saturated rings. The highest BCUT2D eigenvalue weighted by atomic mass is 16.6. The molecular formula is C16H13N3O5. The fourth-order valence-corrected chi connectivity index (χ4v) is 1.83. The number of aromatic hydroxyl groups is 1. The third-order valence-corrected chi connectivity index (χ3v) is 3.03. The fraction of sp³-hybridized carbons (Fsp3) is 0.0625. The Morgan fingerprint density at radius 2 is 1.83 bits per heavy atom. The van der Waals surface area contributed by atoms with E-state index in [-0.39, 0.29) is 22.8 Å². The summed E-state index contributed by atoms with van der Waals surface area (Å²) in [6.07, 6.45) is 0. The van der Waals surface area contributed by atoms with Gasteiger partial charge in [-0.05, 0) is 6.07 Å². The van der Waals surface area contributed by atoms with Crippen molar-refractivity contribution in [2.45, 2.75) is 6.92 Å². The molecule has 0 heterocycles. The quantitative estimate of drug-likeness (QED) is 0.283. The molecule has 0 unspecified atom stereocenters. The molecule has 0 saturated carbocycles. The van der Waals surface area contributed by atoms with Crippen molar-refractivity contribution in [1.82, 2.24) is 0 Å². The molecule has 0 aliphatic carbocycles. The van der Waals surface area contributed by atoms with E-state index in [4.69, 9.17) is 0 Å². The number of aliphatic hydroxyl groups is 1. The van der Waals surface area contributed by atoms with E-state index in [0.29, 0.717) is 5.56 Å². The van der Waals surface area contributed by atoms with Gasteiger partial charge in [-0.3, -0.25) is 14.9 Å². The average molecular weight is 327 g/mol. The molecule has 8 heteroatoms. The van der Waals surface area contributed by atoms with Crippen LogP contribution in [-0.2, 0) is 4.79 Å². The van der Waals surface area contributed by atoms with Gasteiger partial charge >= 0.3 is 0 Å². The van der Waals surface area contributed by atoms with Crippen LogP contribution in [0.15, 0.2) is 64.5 Å². The minimum Gasteiger partial charge on any atom is -0.505 e. The van der Waals surface area contributed by atoms with Crippen molar-refractivity contribution in [1.29, 1.82) is 0 Å². The first-order valence-corrected chi connectivity index (χ1v) is 6.79. The number of non-ortho nitro benzene ring substituents is 1. The summed E-state index contributed by atoms with van der Waals surface area (Å²) in [5.74, 6) is -1.34. The Kier molecular flexibility index (Phi) is 5.00. The van der Waals surface area contributed by atoms with Gasteiger partial charge in [0.2, 0.25) is 0 Å². The molecule has 0 aliphatic rings. The van der Waals surface area contributed by atoms with Gasteiger partial charge in [0.25, 0.3) is 5.69 Å². The second kappa shape index (κ2) is 7.14. The third-order valence-electron chi connectivity index (χ3n) is 3.03. The number of aliphatic hydroxyl groups excluding tert-OH is 1. The molecule has 2 aromatic rings. The summed E-state index contributed by atoms with van der Waals surface area (Å²) in [4.78, 5) is 21.6. The lowest BCUT2D eigenvalue weighted by atomic mass is 10.1. The van der Waals surface area contributed by atoms with Crippen molar-refractivity contribution in [2.24, 2.45) is 10.2 Å². The van der Waals surface area contributed by atoms with Crippen LogP contribution in [0.4, 0.5) is 11.4 Å². The van der Waals surface area contributed by atoms with E-state index in [2.05, 4.69) is 10.2 Å². The summed E-state index contributed by atoms with van der Waals surface area (Å²) in [5.41, 5.74) is -0.283. The number of phenols is 1. The van der Waals surface area contributed by atoms with E-state index in [9.17, 15) is 25.1 Å². The first-order valence-electron chi connectivity index (χ1n) is 6.79. The van der Waals surface area contributed by atoms with Crippen molar-refractivity contribution >= 4 is 22.9 Å². The fourth-order valence-electron chi connectivity index (χ4n) is 1.83. The highest BCUT2D eigenvalue weighted by molar-refractivity contribution is 5.99. The Bertz CT molecular complexity index is 844. The van der Waals surface area contributed by atoms with Crippen LogP contribution in [0.5, 0.6) is 5.75 Å². The molecule has 0 spiro atoms. The van der Waals surface area contributed by atoms with Gasteiger partial charge in [0.1, 0.15) is 11.4 Å². The van der Waals surface area contributed by atoms with Gasteiger partial charge in [-0.1, -0.05) is 30.3 Å². The van der Waals surface area contributed by atoms with Crippen LogP contribution >= 0.6 is 0 Å². The molecule has 0 bridgehead atoms. The number of carbonyl (C=O) groups is 1. The van der Waals surface area contributed by atoms with Gasteiger partial charge in [0.05, 0.1) is 11.0 Å². The van der Waals surface area contributed by atoms with Crippen LogP contribution in [-0.4, -0.2) is 20.9 Å². The van der Waals surface area contributed by atoms with Gasteiger partial charge in [-0.15, -0.1) is 10.2 Å². The Morgan fingerprint density at radius 1 is 1.17 bits per heavy atom. The first-order chi connectivity index (χ1) is 11.4. The summed E-state index contributed by atoms with van der Waals surface area (Å²) in [7, 11) is 0. The number of benzene rings is 2. The highest BCUT2D eigenvalue weighted by Crippen LogP contribution is 2.31. The number of nitro groups is 1. The number of nitro benzene ring substituents is 1. The molecule has 0 aromatic heterocycles. The van der Waals surface area contributed by atoms with E-state index in [1.54, 1.807) is 30.3 Å². The van der Waals surface area contributed by atoms with Crippen LogP contribution in [0.3, 0.4) is 0 Å². The molecule has 2 N–H and O–H groups in total. The second-order valence-corrected chi connectivity index (χ2v) is 4.75. The van der Waals surface area contributed by atoms with E-state index in [1.165, 1.54) is 13.0 Å². The normalized spacial score (nSPS) is 12.0. The number of carbonyl (C=O) groups excluding carboxylic acids is 1. The lowest BCUT2D eigenvalue weighted by Crippen LogP contribution is -1.98. The zero-order valence-electron chi connectivity index (χ0n) is 12.6. The monoisotopic (exact) mass is 327 g/mol. The number of rotatable bonds is 5. The van der Waals surface area contributed by atoms with Crippen molar-refractivity contribution in [3.8, 4) is 5.75 Å². The van der Waals surface area contributed by atoms with E-state index >= 15 is 0 Å². The van der Waals surface area contributed by atoms with Crippen LogP contribution in [0, 0.1) is 10.1 Å². The molecule has 0 atom stereocenters. The van der Waals surface area contributed by atoms with E-state index < -0.39 is 16.5 Å². The molecule has 24 heavy (non-hydrogen) atoms. The van der Waals surface area contributed by atoms with Crippen molar-refractivity contribution in [2.75, 3.05) is 0 Å². The second-order valence-electron chi connectivity index (χ2n) is 4.75. The minimum absolute atomic E-state index is 0.0692. The predicted molar refractivity (Wildman–Crippen MR) is 85.9 cm³/mol. The molecule has 0 saturated heterocycles. The number of Topliss-reactive ketones (excluding diaryl/α,β-unsaturated/α-hetero) is 1. The number of azo groups is 1. The number of nitrogens with zero attached hydrogens (tertiary/aromatic N) is 3. The third kappa shape index (κ3) is 3.80. The number of hydrogen-bond acceptors (Lipinski definition) is 7. The zero-order chi connectivity index (χ0) is 17.7. The molecule has 122 valence electrons. The van der Waals surface area contributed by atoms with Crippen LogP contribution < -0.4 is 0 Å². The summed E-state index contributed by atoms with van der Waals surface area (Å²) >= 11 is 0. The maximum Gasteiger partial charge on any atom is 0.273 e. The summed E-state index contributed by atoms with van der Waals surface area (Å²) in [5, 5.41) is 37.9. The van der Waals surface area contributed by atoms with Crippen LogP contribution in [0.25, 0.3) is 5.76 Å². The predicted octanol–water partition coefficient (Wildman–Crippen LogP) is 3.90. The number of phenolic OH excluding ortho intramolecular Hbond substituents is 1. The van der Waals surface area contributed by atoms with E-state index in [0.717, 1.165) is 12.1 Å². The van der Waals surface area contributed by atoms with Gasteiger partial charge in [-0.2, -0.15) is 0 Å². The molecule has 0 amide bonds. The van der Waals surface area contributed by atoms with Gasteiger partial charge in [0, 0.05) is 18.6 Å². The maximum atomic E-state index is 11.7. The number of hydrogen-bond donors (Lipinski definition) is 2. The number of ketones is 1. The Hall–Kier alpha value is -3.55. The number of allylic oxidation sites excluding steroid dienone is 1. The minimum atomic E-state index is -0.664. The van der Waals surface area contributed by atoms with Crippen LogP contribution in [0.1, 0.15) is 12.5 Å². The molecule has 2 rings (SSSR count). The molecule has 0 aliphatic heterocycles. The summed E-state index contributed by atoms with van der Waals surface area (Å²) in [6.45, 7) is 1.21. The lowest BCUT2D eigenvalue weighted by molar-refractivity contribution is -0.384. The molecule has 8 nitrogen and oxygen atoms in total. The highest BCUT2D eigenvalue weighted by Gasteiger charge is 2.14. The smallest absolute Gasteiger partial charge is 0.273 e. The van der Waals surface area contributed by atoms with Gasteiger partial charge < -0.3 is 10.2 Å². The Labute approximate surface area is 136 Å². The topological polar surface area (TPSA) is 125 Å². The van der Waals surface area contributed by atoms with Crippen molar-refractivity contribution < 1.29 is 19.9 Å². The standard InChI is InChI=1S/C16H13N3O5/c1-10(20)15(16(22)11-5-3-2-4-6-11)18-17-13-8-7-12(19(23)24)9-14(13)21/h2-9,21-22H,1H3. The Balaban J connectivity index is 2.40. The molecular weight excluding hydrogens is 314 g/mol. The summed E-state index contributed by atoms with van der Waals surface area (Å²) in [6, 6.07) is 11.6. The maximum absolute atomic E-state index is 11.7. The zero-order valence-corrected chi connectivity index (χ0v) is 12.6. The van der Waals surface area contributed by atoms with Crippen LogP contribution in [0.2, 0.25) is 0 Å². The largest absolute Gasteiger partial charge is 0.505 e. The van der Waals surface area contributed by atoms with Crippen molar-refractivity contribution in [3.63, 3.8) is 0 Å². The molecule has 0 radical (unpaired) electrons. The Morgan fingerprint density at radius 3 is 2.38 bits per heavy atom. The summed E-state index contributed by atoms with van der Waals surface area (Å²) < 4.78 is 0. The van der Waals surface area contributed by atoms with Crippen molar-refractivity contribution in [3.05, 3.63) is 69.9 Å². The first kappa shape index (κ1) is 16.8. The lowest BCUT2D eigenvalue weighted by Gasteiger charge is -2.03. The van der Waals surface area contributed by atoms with Gasteiger partial charge in [-0.25, -0.2) is 0 Å².